The van der Waals surface area contributed by atoms with Crippen LogP contribution in [0.3, 0.4) is 0 Å². The van der Waals surface area contributed by atoms with Gasteiger partial charge in [-0.15, -0.1) is 0 Å². The number of aryl methyl sites for hydroxylation is 1. The van der Waals surface area contributed by atoms with Crippen molar-refractivity contribution in [3.05, 3.63) is 42.2 Å². The van der Waals surface area contributed by atoms with Crippen LogP contribution in [-0.4, -0.2) is 41.4 Å². The topological polar surface area (TPSA) is 56.6 Å². The Bertz CT molecular complexity index is 685. The number of rotatable bonds is 6. The summed E-state index contributed by atoms with van der Waals surface area (Å²) in [7, 11) is 3.30. The van der Waals surface area contributed by atoms with E-state index >= 15 is 0 Å². The fourth-order valence-electron chi connectivity index (χ4n) is 3.27. The van der Waals surface area contributed by atoms with E-state index in [1.807, 2.05) is 35.4 Å². The number of aromatic nitrogens is 2. The molecule has 2 heterocycles. The maximum absolute atomic E-state index is 12.7. The van der Waals surface area contributed by atoms with E-state index in [1.54, 1.807) is 25.1 Å². The van der Waals surface area contributed by atoms with Crippen molar-refractivity contribution < 1.29 is 14.3 Å². The molecule has 1 saturated heterocycles. The van der Waals surface area contributed by atoms with Crippen molar-refractivity contribution >= 4 is 5.91 Å². The Hall–Kier alpha value is -2.50. The molecule has 1 amide bonds. The Morgan fingerprint density at radius 2 is 2.21 bits per heavy atom. The molecule has 0 bridgehead atoms. The zero-order valence-corrected chi connectivity index (χ0v) is 14.1. The Balaban J connectivity index is 1.76. The SMILES string of the molecule is COc1ccc(OC)c(C2CCCN2C(=O)CCn2cccn2)c1. The molecule has 0 spiro atoms. The summed E-state index contributed by atoms with van der Waals surface area (Å²) in [6.45, 7) is 1.38. The normalized spacial score (nSPS) is 17.1. The first kappa shape index (κ1) is 16.4. The van der Waals surface area contributed by atoms with Gasteiger partial charge in [0, 0.05) is 37.5 Å². The number of carbonyl (C=O) groups excluding carboxylic acids is 1. The van der Waals surface area contributed by atoms with Crippen LogP contribution in [0, 0.1) is 0 Å². The van der Waals surface area contributed by atoms with Gasteiger partial charge >= 0.3 is 0 Å². The van der Waals surface area contributed by atoms with E-state index in [0.717, 1.165) is 36.4 Å². The first-order chi connectivity index (χ1) is 11.7. The third kappa shape index (κ3) is 3.37. The van der Waals surface area contributed by atoms with Gasteiger partial charge in [-0.1, -0.05) is 0 Å². The summed E-state index contributed by atoms with van der Waals surface area (Å²) in [6, 6.07) is 7.66. The first-order valence-electron chi connectivity index (χ1n) is 8.21. The molecule has 1 aromatic carbocycles. The number of benzene rings is 1. The minimum Gasteiger partial charge on any atom is -0.497 e. The lowest BCUT2D eigenvalue weighted by Gasteiger charge is -2.26. The summed E-state index contributed by atoms with van der Waals surface area (Å²) >= 11 is 0. The second kappa shape index (κ2) is 7.38. The lowest BCUT2D eigenvalue weighted by molar-refractivity contribution is -0.132. The summed E-state index contributed by atoms with van der Waals surface area (Å²) in [5, 5.41) is 4.15. The van der Waals surface area contributed by atoms with Gasteiger partial charge in [0.1, 0.15) is 11.5 Å². The molecule has 0 aliphatic carbocycles. The van der Waals surface area contributed by atoms with Gasteiger partial charge in [-0.25, -0.2) is 0 Å². The van der Waals surface area contributed by atoms with Gasteiger partial charge in [0.15, 0.2) is 0 Å². The van der Waals surface area contributed by atoms with Crippen LogP contribution in [0.1, 0.15) is 30.9 Å². The van der Waals surface area contributed by atoms with E-state index < -0.39 is 0 Å². The largest absolute Gasteiger partial charge is 0.497 e. The molecule has 24 heavy (non-hydrogen) atoms. The van der Waals surface area contributed by atoms with Crippen molar-refractivity contribution in [1.29, 1.82) is 0 Å². The number of hydrogen-bond donors (Lipinski definition) is 0. The molecular weight excluding hydrogens is 306 g/mol. The first-order valence-corrected chi connectivity index (χ1v) is 8.21. The van der Waals surface area contributed by atoms with Crippen molar-refractivity contribution in [2.75, 3.05) is 20.8 Å². The Labute approximate surface area is 142 Å². The average molecular weight is 329 g/mol. The van der Waals surface area contributed by atoms with E-state index in [-0.39, 0.29) is 11.9 Å². The molecule has 1 aromatic heterocycles. The van der Waals surface area contributed by atoms with Gasteiger partial charge < -0.3 is 14.4 Å². The molecule has 6 heteroatoms. The molecule has 1 aliphatic heterocycles. The van der Waals surface area contributed by atoms with Crippen LogP contribution < -0.4 is 9.47 Å². The minimum atomic E-state index is 0.0418. The second-order valence-electron chi connectivity index (χ2n) is 5.87. The van der Waals surface area contributed by atoms with E-state index in [2.05, 4.69) is 5.10 Å². The predicted molar refractivity (Wildman–Crippen MR) is 90.1 cm³/mol. The van der Waals surface area contributed by atoms with Gasteiger partial charge in [0.05, 0.1) is 20.3 Å². The maximum atomic E-state index is 12.7. The Morgan fingerprint density at radius 3 is 2.92 bits per heavy atom. The van der Waals surface area contributed by atoms with Crippen molar-refractivity contribution in [3.8, 4) is 11.5 Å². The van der Waals surface area contributed by atoms with Crippen molar-refractivity contribution in [2.24, 2.45) is 0 Å². The highest BCUT2D eigenvalue weighted by Crippen LogP contribution is 2.39. The Kier molecular flexibility index (Phi) is 5.03. The standard InChI is InChI=1S/C18H23N3O3/c1-23-14-6-7-17(24-2)15(13-14)16-5-3-11-21(16)18(22)8-12-20-10-4-9-19-20/h4,6-7,9-10,13,16H,3,5,8,11-12H2,1-2H3. The van der Waals surface area contributed by atoms with E-state index in [0.29, 0.717) is 13.0 Å². The van der Waals surface area contributed by atoms with E-state index in [9.17, 15) is 4.79 Å². The number of methoxy groups -OCH3 is 2. The molecular formula is C18H23N3O3. The fourth-order valence-corrected chi connectivity index (χ4v) is 3.27. The lowest BCUT2D eigenvalue weighted by Crippen LogP contribution is -2.31. The highest BCUT2D eigenvalue weighted by Gasteiger charge is 2.31. The average Bonchev–Trinajstić information content (AvgIpc) is 3.30. The quantitative estimate of drug-likeness (QED) is 0.817. The van der Waals surface area contributed by atoms with Crippen molar-refractivity contribution in [2.45, 2.75) is 31.8 Å². The van der Waals surface area contributed by atoms with E-state index in [4.69, 9.17) is 9.47 Å². The van der Waals surface area contributed by atoms with E-state index in [1.165, 1.54) is 0 Å². The minimum absolute atomic E-state index is 0.0418. The predicted octanol–water partition coefficient (Wildman–Crippen LogP) is 2.65. The third-order valence-electron chi connectivity index (χ3n) is 4.48. The molecule has 6 nitrogen and oxygen atoms in total. The third-order valence-corrected chi connectivity index (χ3v) is 4.48. The molecule has 1 aliphatic rings. The Morgan fingerprint density at radius 1 is 1.33 bits per heavy atom. The summed E-state index contributed by atoms with van der Waals surface area (Å²) in [6.07, 6.45) is 5.99. The molecule has 0 N–H and O–H groups in total. The summed E-state index contributed by atoms with van der Waals surface area (Å²) < 4.78 is 12.6. The molecule has 1 fully saturated rings. The summed E-state index contributed by atoms with van der Waals surface area (Å²) in [5.41, 5.74) is 1.02. The van der Waals surface area contributed by atoms with Crippen molar-refractivity contribution in [1.82, 2.24) is 14.7 Å². The number of ether oxygens (including phenoxy) is 2. The summed E-state index contributed by atoms with van der Waals surface area (Å²) in [5.74, 6) is 1.73. The molecule has 128 valence electrons. The van der Waals surface area contributed by atoms with Crippen LogP contribution in [0.25, 0.3) is 0 Å². The molecule has 0 radical (unpaired) electrons. The second-order valence-corrected chi connectivity index (χ2v) is 5.87. The molecule has 3 rings (SSSR count). The van der Waals surface area contributed by atoms with Gasteiger partial charge in [0.2, 0.25) is 5.91 Å². The molecule has 1 atom stereocenters. The lowest BCUT2D eigenvalue weighted by atomic mass is 10.0. The smallest absolute Gasteiger partial charge is 0.224 e. The fraction of sp³-hybridized carbons (Fsp3) is 0.444. The summed E-state index contributed by atoms with van der Waals surface area (Å²) in [4.78, 5) is 14.7. The highest BCUT2D eigenvalue weighted by atomic mass is 16.5. The van der Waals surface area contributed by atoms with Crippen molar-refractivity contribution in [3.63, 3.8) is 0 Å². The number of nitrogens with zero attached hydrogens (tertiary/aromatic N) is 3. The van der Waals surface area contributed by atoms with Crippen LogP contribution in [0.15, 0.2) is 36.7 Å². The monoisotopic (exact) mass is 329 g/mol. The number of carbonyl (C=O) groups is 1. The molecule has 0 saturated carbocycles. The zero-order chi connectivity index (χ0) is 16.9. The number of hydrogen-bond acceptors (Lipinski definition) is 4. The van der Waals surface area contributed by atoms with Gasteiger partial charge in [-0.05, 0) is 37.1 Å². The molecule has 2 aromatic rings. The van der Waals surface area contributed by atoms with Crippen LogP contribution in [0.2, 0.25) is 0 Å². The van der Waals surface area contributed by atoms with Crippen LogP contribution in [0.4, 0.5) is 0 Å². The van der Waals surface area contributed by atoms with Crippen LogP contribution in [0.5, 0.6) is 11.5 Å². The highest BCUT2D eigenvalue weighted by molar-refractivity contribution is 5.77. The van der Waals surface area contributed by atoms with Gasteiger partial charge in [-0.2, -0.15) is 5.10 Å². The van der Waals surface area contributed by atoms with Gasteiger partial charge in [0.25, 0.3) is 0 Å². The van der Waals surface area contributed by atoms with Crippen LogP contribution >= 0.6 is 0 Å². The zero-order valence-electron chi connectivity index (χ0n) is 14.1. The van der Waals surface area contributed by atoms with Gasteiger partial charge in [-0.3, -0.25) is 9.48 Å². The molecule has 1 unspecified atom stereocenters. The number of likely N-dealkylation sites (tertiary alicyclic amines) is 1. The van der Waals surface area contributed by atoms with Crippen LogP contribution in [-0.2, 0) is 11.3 Å². The number of amides is 1. The maximum Gasteiger partial charge on any atom is 0.224 e.